The molecule has 1 unspecified atom stereocenters. The molecule has 0 saturated carbocycles. The molecule has 2 amide bonds. The highest BCUT2D eigenvalue weighted by atomic mass is 19.1. The Hall–Kier alpha value is -3.86. The number of anilines is 1. The van der Waals surface area contributed by atoms with Crippen LogP contribution in [0.3, 0.4) is 0 Å². The number of pyridine rings is 1. The lowest BCUT2D eigenvalue weighted by Gasteiger charge is -2.37. The molecule has 5 N–H and O–H groups in total. The quantitative estimate of drug-likeness (QED) is 0.530. The lowest BCUT2D eigenvalue weighted by atomic mass is 9.84. The minimum Gasteiger partial charge on any atom is -0.483 e. The zero-order chi connectivity index (χ0) is 22.5. The SMILES string of the molecule is CN1C(=O)C(O)[C@@](C)(c2cc(NC(=O)c3ccccn3)ccc2F)N=C1N.O=CO. The summed E-state index contributed by atoms with van der Waals surface area (Å²) in [5, 5.41) is 19.9. The van der Waals surface area contributed by atoms with E-state index in [0.717, 1.165) is 11.0 Å². The van der Waals surface area contributed by atoms with Gasteiger partial charge in [0.15, 0.2) is 12.1 Å². The van der Waals surface area contributed by atoms with Crippen molar-refractivity contribution in [1.29, 1.82) is 0 Å². The zero-order valence-corrected chi connectivity index (χ0v) is 16.1. The molecule has 0 bridgehead atoms. The molecule has 1 aliphatic rings. The predicted molar refractivity (Wildman–Crippen MR) is 105 cm³/mol. The third-order valence-corrected chi connectivity index (χ3v) is 4.45. The molecule has 0 fully saturated rings. The topological polar surface area (TPSA) is 158 Å². The van der Waals surface area contributed by atoms with Crippen LogP contribution in [0.5, 0.6) is 0 Å². The van der Waals surface area contributed by atoms with Crippen molar-refractivity contribution in [2.24, 2.45) is 10.7 Å². The van der Waals surface area contributed by atoms with Crippen molar-refractivity contribution in [3.63, 3.8) is 0 Å². The Kier molecular flexibility index (Phi) is 6.80. The number of likely N-dealkylation sites (N-methyl/N-ethyl adjacent to an activating group) is 1. The molecule has 0 radical (unpaired) electrons. The van der Waals surface area contributed by atoms with Crippen LogP contribution in [-0.4, -0.2) is 57.5 Å². The first-order chi connectivity index (χ1) is 14.2. The molecule has 10 nitrogen and oxygen atoms in total. The van der Waals surface area contributed by atoms with Crippen molar-refractivity contribution in [3.05, 3.63) is 59.7 Å². The highest BCUT2D eigenvalue weighted by Gasteiger charge is 2.46. The molecule has 11 heteroatoms. The molecule has 0 saturated heterocycles. The summed E-state index contributed by atoms with van der Waals surface area (Å²) in [6, 6.07) is 8.67. The van der Waals surface area contributed by atoms with Gasteiger partial charge < -0.3 is 21.3 Å². The van der Waals surface area contributed by atoms with E-state index in [1.807, 2.05) is 0 Å². The Bertz CT molecular complexity index is 985. The third-order valence-electron chi connectivity index (χ3n) is 4.45. The van der Waals surface area contributed by atoms with Crippen LogP contribution in [0.1, 0.15) is 23.0 Å². The number of halogens is 1. The van der Waals surface area contributed by atoms with Crippen LogP contribution in [0, 0.1) is 5.82 Å². The first-order valence-electron chi connectivity index (χ1n) is 8.57. The number of aliphatic hydroxyl groups is 1. The Labute approximate surface area is 170 Å². The van der Waals surface area contributed by atoms with Gasteiger partial charge in [0.1, 0.15) is 17.1 Å². The Morgan fingerprint density at radius 1 is 1.37 bits per heavy atom. The number of hydrogen-bond donors (Lipinski definition) is 4. The molecule has 2 atom stereocenters. The van der Waals surface area contributed by atoms with Crippen LogP contribution < -0.4 is 11.1 Å². The van der Waals surface area contributed by atoms with Crippen LogP contribution in [0.2, 0.25) is 0 Å². The van der Waals surface area contributed by atoms with Crippen molar-refractivity contribution in [2.45, 2.75) is 18.6 Å². The second kappa shape index (κ2) is 9.09. The molecular weight excluding hydrogens is 397 g/mol. The van der Waals surface area contributed by atoms with E-state index in [1.165, 1.54) is 38.4 Å². The maximum absolute atomic E-state index is 14.5. The first kappa shape index (κ1) is 22.4. The fourth-order valence-corrected chi connectivity index (χ4v) is 2.80. The fourth-order valence-electron chi connectivity index (χ4n) is 2.80. The Morgan fingerprint density at radius 3 is 2.63 bits per heavy atom. The highest BCUT2D eigenvalue weighted by molar-refractivity contribution is 6.03. The van der Waals surface area contributed by atoms with E-state index in [9.17, 15) is 19.1 Å². The molecule has 1 aromatic heterocycles. The van der Waals surface area contributed by atoms with Gasteiger partial charge in [0.05, 0.1) is 0 Å². The average molecular weight is 417 g/mol. The predicted octanol–water partition coefficient (Wildman–Crippen LogP) is 0.537. The van der Waals surface area contributed by atoms with Gasteiger partial charge in [-0.3, -0.25) is 24.3 Å². The summed E-state index contributed by atoms with van der Waals surface area (Å²) in [7, 11) is 1.36. The molecule has 1 aromatic carbocycles. The molecule has 30 heavy (non-hydrogen) atoms. The lowest BCUT2D eigenvalue weighted by molar-refractivity contribution is -0.140. The number of nitrogens with zero attached hydrogens (tertiary/aromatic N) is 3. The van der Waals surface area contributed by atoms with Gasteiger partial charge in [-0.1, -0.05) is 6.07 Å². The Morgan fingerprint density at radius 2 is 2.03 bits per heavy atom. The highest BCUT2D eigenvalue weighted by Crippen LogP contribution is 2.36. The summed E-state index contributed by atoms with van der Waals surface area (Å²) in [5.74, 6) is -2.02. The Balaban J connectivity index is 0.00000101. The molecule has 3 rings (SSSR count). The van der Waals surface area contributed by atoms with Crippen LogP contribution >= 0.6 is 0 Å². The standard InChI is InChI=1S/C18H18FN5O3.CH2O2/c1-18(14(25)16(27)24(2)17(20)23-18)11-9-10(6-7-12(11)19)22-15(26)13-5-3-4-8-21-13;2-1-3/h3-9,14,25H,1-2H3,(H2,20,23)(H,22,26);1H,(H,2,3)/t14?,18-;/m1./s1. The molecule has 0 aliphatic carbocycles. The van der Waals surface area contributed by atoms with E-state index in [4.69, 9.17) is 15.6 Å². The third kappa shape index (κ3) is 4.41. The second-order valence-electron chi connectivity index (χ2n) is 6.39. The fraction of sp³-hybridized carbons (Fsp3) is 0.211. The number of nitrogens with one attached hydrogen (secondary N) is 1. The molecule has 2 heterocycles. The number of hydrogen-bond acceptors (Lipinski definition) is 7. The molecule has 2 aromatic rings. The van der Waals surface area contributed by atoms with Crippen molar-refractivity contribution < 1.29 is 29.0 Å². The summed E-state index contributed by atoms with van der Waals surface area (Å²) in [5.41, 5.74) is 4.47. The van der Waals surface area contributed by atoms with E-state index in [0.29, 0.717) is 0 Å². The molecular formula is C19H20FN5O5. The first-order valence-corrected chi connectivity index (χ1v) is 8.57. The number of carboxylic acid groups (broad SMARTS) is 1. The van der Waals surface area contributed by atoms with Gasteiger partial charge in [-0.15, -0.1) is 0 Å². The number of aliphatic imine (C=N–C) groups is 1. The summed E-state index contributed by atoms with van der Waals surface area (Å²) in [4.78, 5) is 41.9. The number of aromatic nitrogens is 1. The second-order valence-corrected chi connectivity index (χ2v) is 6.39. The summed E-state index contributed by atoms with van der Waals surface area (Å²) >= 11 is 0. The number of amides is 2. The molecule has 0 spiro atoms. The number of rotatable bonds is 3. The van der Waals surface area contributed by atoms with Gasteiger partial charge in [-0.05, 0) is 37.3 Å². The molecule has 158 valence electrons. The minimum atomic E-state index is -1.64. The number of aliphatic hydroxyl groups excluding tert-OH is 1. The maximum atomic E-state index is 14.5. The smallest absolute Gasteiger partial charge is 0.290 e. The van der Waals surface area contributed by atoms with Gasteiger partial charge in [-0.2, -0.15) is 0 Å². The summed E-state index contributed by atoms with van der Waals surface area (Å²) in [6.07, 6.45) is -0.157. The number of nitrogens with two attached hydrogens (primary N) is 1. The number of benzene rings is 1. The van der Waals surface area contributed by atoms with Gasteiger partial charge in [0, 0.05) is 24.5 Å². The largest absolute Gasteiger partial charge is 0.483 e. The van der Waals surface area contributed by atoms with Gasteiger partial charge >= 0.3 is 0 Å². The number of carbonyl (C=O) groups is 3. The van der Waals surface area contributed by atoms with E-state index >= 15 is 0 Å². The average Bonchev–Trinajstić information content (AvgIpc) is 2.73. The van der Waals surface area contributed by atoms with Gasteiger partial charge in [-0.25, -0.2) is 9.38 Å². The van der Waals surface area contributed by atoms with Crippen molar-refractivity contribution in [3.8, 4) is 0 Å². The van der Waals surface area contributed by atoms with Crippen molar-refractivity contribution in [1.82, 2.24) is 9.88 Å². The van der Waals surface area contributed by atoms with Crippen molar-refractivity contribution in [2.75, 3.05) is 12.4 Å². The van der Waals surface area contributed by atoms with Crippen LogP contribution in [0.25, 0.3) is 0 Å². The lowest BCUT2D eigenvalue weighted by Crippen LogP contribution is -2.57. The van der Waals surface area contributed by atoms with Gasteiger partial charge in [0.2, 0.25) is 0 Å². The van der Waals surface area contributed by atoms with Crippen LogP contribution in [0.4, 0.5) is 10.1 Å². The normalized spacial score (nSPS) is 20.5. The molecule has 1 aliphatic heterocycles. The summed E-state index contributed by atoms with van der Waals surface area (Å²) < 4.78 is 14.5. The van der Waals surface area contributed by atoms with Gasteiger partial charge in [0.25, 0.3) is 18.3 Å². The summed E-state index contributed by atoms with van der Waals surface area (Å²) in [6.45, 7) is 1.15. The minimum absolute atomic E-state index is 0.0711. The van der Waals surface area contributed by atoms with E-state index in [1.54, 1.807) is 12.1 Å². The van der Waals surface area contributed by atoms with Crippen LogP contribution in [-0.2, 0) is 15.1 Å². The maximum Gasteiger partial charge on any atom is 0.290 e. The van der Waals surface area contributed by atoms with E-state index in [2.05, 4.69) is 15.3 Å². The zero-order valence-electron chi connectivity index (χ0n) is 16.1. The van der Waals surface area contributed by atoms with Crippen molar-refractivity contribution >= 4 is 29.9 Å². The van der Waals surface area contributed by atoms with E-state index < -0.39 is 29.3 Å². The van der Waals surface area contributed by atoms with Crippen LogP contribution in [0.15, 0.2) is 47.6 Å². The van der Waals surface area contributed by atoms with E-state index in [-0.39, 0.29) is 29.4 Å². The number of guanidine groups is 1. The monoisotopic (exact) mass is 417 g/mol. The number of carbonyl (C=O) groups excluding carboxylic acids is 2.